The first-order valence-corrected chi connectivity index (χ1v) is 8.75. The molecule has 0 spiro atoms. The first-order valence-electron chi connectivity index (χ1n) is 7.35. The van der Waals surface area contributed by atoms with Gasteiger partial charge in [0.2, 0.25) is 5.91 Å². The minimum Gasteiger partial charge on any atom is -0.480 e. The minimum absolute atomic E-state index is 0.107. The van der Waals surface area contributed by atoms with Gasteiger partial charge in [-0.2, -0.15) is 11.8 Å². The van der Waals surface area contributed by atoms with E-state index < -0.39 is 12.0 Å². The van der Waals surface area contributed by atoms with Gasteiger partial charge in [-0.3, -0.25) is 4.79 Å². The van der Waals surface area contributed by atoms with Gasteiger partial charge in [0, 0.05) is 18.5 Å². The molecule has 3 N–H and O–H groups in total. The Labute approximate surface area is 124 Å². The quantitative estimate of drug-likeness (QED) is 0.659. The van der Waals surface area contributed by atoms with Gasteiger partial charge in [0.15, 0.2) is 0 Å². The molecule has 5 nitrogen and oxygen atoms in total. The van der Waals surface area contributed by atoms with Crippen molar-refractivity contribution in [3.05, 3.63) is 0 Å². The molecular formula is C14H24N2O3S. The van der Waals surface area contributed by atoms with E-state index in [0.717, 1.165) is 18.6 Å². The van der Waals surface area contributed by atoms with Gasteiger partial charge in [0.25, 0.3) is 0 Å². The molecule has 20 heavy (non-hydrogen) atoms. The second kappa shape index (κ2) is 7.31. The van der Waals surface area contributed by atoms with Crippen LogP contribution in [-0.2, 0) is 9.59 Å². The maximum absolute atomic E-state index is 12.0. The molecule has 0 saturated carbocycles. The zero-order chi connectivity index (χ0) is 14.5. The Kier molecular flexibility index (Phi) is 5.72. The van der Waals surface area contributed by atoms with E-state index in [0.29, 0.717) is 30.8 Å². The molecule has 2 bridgehead atoms. The second-order valence-electron chi connectivity index (χ2n) is 5.92. The van der Waals surface area contributed by atoms with Crippen LogP contribution in [0.15, 0.2) is 0 Å². The second-order valence-corrected chi connectivity index (χ2v) is 6.90. The summed E-state index contributed by atoms with van der Waals surface area (Å²) in [5, 5.41) is 15.3. The molecule has 0 aromatic rings. The van der Waals surface area contributed by atoms with Crippen molar-refractivity contribution in [3.8, 4) is 0 Å². The number of thioether (sulfide) groups is 1. The lowest BCUT2D eigenvalue weighted by atomic mass is 9.89. The van der Waals surface area contributed by atoms with Gasteiger partial charge in [0.05, 0.1) is 0 Å². The van der Waals surface area contributed by atoms with Crippen LogP contribution in [-0.4, -0.2) is 47.1 Å². The van der Waals surface area contributed by atoms with Crippen molar-refractivity contribution in [2.45, 2.75) is 56.7 Å². The molecule has 2 fully saturated rings. The van der Waals surface area contributed by atoms with E-state index in [9.17, 15) is 9.59 Å². The van der Waals surface area contributed by atoms with Crippen molar-refractivity contribution in [1.82, 2.24) is 10.6 Å². The molecule has 2 aliphatic rings. The first-order chi connectivity index (χ1) is 9.58. The summed E-state index contributed by atoms with van der Waals surface area (Å²) in [5.41, 5.74) is 0. The van der Waals surface area contributed by atoms with Gasteiger partial charge >= 0.3 is 5.97 Å². The summed E-state index contributed by atoms with van der Waals surface area (Å²) >= 11 is 1.60. The largest absolute Gasteiger partial charge is 0.480 e. The van der Waals surface area contributed by atoms with Crippen molar-refractivity contribution in [3.63, 3.8) is 0 Å². The Hall–Kier alpha value is -0.750. The van der Waals surface area contributed by atoms with E-state index in [4.69, 9.17) is 5.11 Å². The number of rotatable bonds is 7. The monoisotopic (exact) mass is 300 g/mol. The highest BCUT2D eigenvalue weighted by Gasteiger charge is 2.34. The van der Waals surface area contributed by atoms with Crippen LogP contribution in [0.1, 0.15) is 38.5 Å². The summed E-state index contributed by atoms with van der Waals surface area (Å²) in [5.74, 6) is 0.112. The number of carbonyl (C=O) groups is 2. The number of hydrogen-bond donors (Lipinski definition) is 3. The van der Waals surface area contributed by atoms with E-state index in [1.165, 1.54) is 12.8 Å². The number of amides is 1. The lowest BCUT2D eigenvalue weighted by Gasteiger charge is -2.29. The Morgan fingerprint density at radius 2 is 2.00 bits per heavy atom. The normalized spacial score (nSPS) is 29.9. The summed E-state index contributed by atoms with van der Waals surface area (Å²) in [4.78, 5) is 23.1. The van der Waals surface area contributed by atoms with E-state index in [-0.39, 0.29) is 5.91 Å². The third kappa shape index (κ3) is 4.38. The molecule has 114 valence electrons. The van der Waals surface area contributed by atoms with Crippen LogP contribution < -0.4 is 10.6 Å². The van der Waals surface area contributed by atoms with Crippen LogP contribution in [0.5, 0.6) is 0 Å². The fourth-order valence-corrected chi connectivity index (χ4v) is 3.82. The SMILES string of the molecule is CSCC[C@@H](NC(=O)CC1CC2CCC(C1)N2)C(=O)O. The van der Waals surface area contributed by atoms with Crippen LogP contribution in [0.2, 0.25) is 0 Å². The maximum atomic E-state index is 12.0. The highest BCUT2D eigenvalue weighted by Crippen LogP contribution is 2.32. The summed E-state index contributed by atoms with van der Waals surface area (Å²) in [7, 11) is 0. The van der Waals surface area contributed by atoms with Crippen LogP contribution in [0.25, 0.3) is 0 Å². The highest BCUT2D eigenvalue weighted by molar-refractivity contribution is 7.98. The molecule has 0 radical (unpaired) electrons. The number of carboxylic acid groups (broad SMARTS) is 1. The molecular weight excluding hydrogens is 276 g/mol. The third-order valence-electron chi connectivity index (χ3n) is 4.29. The van der Waals surface area contributed by atoms with Crippen molar-refractivity contribution in [2.75, 3.05) is 12.0 Å². The zero-order valence-corrected chi connectivity index (χ0v) is 12.7. The van der Waals surface area contributed by atoms with Crippen LogP contribution in [0.3, 0.4) is 0 Å². The molecule has 0 aliphatic carbocycles. The Bertz CT molecular complexity index is 352. The number of aliphatic carboxylic acids is 1. The van der Waals surface area contributed by atoms with Crippen molar-refractivity contribution >= 4 is 23.6 Å². The standard InChI is InChI=1S/C14H24N2O3S/c1-20-5-4-12(14(18)19)16-13(17)8-9-6-10-2-3-11(7-9)15-10/h9-12,15H,2-8H2,1H3,(H,16,17)(H,18,19)/t9?,10?,11?,12-/m1/s1. The number of fused-ring (bicyclic) bond motifs is 2. The van der Waals surface area contributed by atoms with Crippen LogP contribution in [0.4, 0.5) is 0 Å². The lowest BCUT2D eigenvalue weighted by Crippen LogP contribution is -2.44. The number of piperidine rings is 1. The number of carbonyl (C=O) groups excluding carboxylic acids is 1. The molecule has 0 aromatic carbocycles. The van der Waals surface area contributed by atoms with Gasteiger partial charge in [-0.1, -0.05) is 0 Å². The smallest absolute Gasteiger partial charge is 0.326 e. The molecule has 6 heteroatoms. The van der Waals surface area contributed by atoms with Crippen LogP contribution >= 0.6 is 11.8 Å². The lowest BCUT2D eigenvalue weighted by molar-refractivity contribution is -0.142. The highest BCUT2D eigenvalue weighted by atomic mass is 32.2. The molecule has 2 unspecified atom stereocenters. The summed E-state index contributed by atoms with van der Waals surface area (Å²) in [6.45, 7) is 0. The Balaban J connectivity index is 1.77. The van der Waals surface area contributed by atoms with Crippen molar-refractivity contribution in [1.29, 1.82) is 0 Å². The van der Waals surface area contributed by atoms with E-state index >= 15 is 0 Å². The fraction of sp³-hybridized carbons (Fsp3) is 0.857. The summed E-state index contributed by atoms with van der Waals surface area (Å²) < 4.78 is 0. The maximum Gasteiger partial charge on any atom is 0.326 e. The number of carboxylic acids is 1. The summed E-state index contributed by atoms with van der Waals surface area (Å²) in [6.07, 6.45) is 7.42. The van der Waals surface area contributed by atoms with Gasteiger partial charge in [-0.15, -0.1) is 0 Å². The first kappa shape index (κ1) is 15.6. The molecule has 0 aromatic heterocycles. The molecule has 2 saturated heterocycles. The fourth-order valence-electron chi connectivity index (χ4n) is 3.35. The number of nitrogens with one attached hydrogen (secondary N) is 2. The molecule has 2 rings (SSSR count). The van der Waals surface area contributed by atoms with Crippen molar-refractivity contribution < 1.29 is 14.7 Å². The number of hydrogen-bond acceptors (Lipinski definition) is 4. The van der Waals surface area contributed by atoms with Gasteiger partial charge in [-0.05, 0) is 50.0 Å². The van der Waals surface area contributed by atoms with Gasteiger partial charge in [-0.25, -0.2) is 4.79 Å². The van der Waals surface area contributed by atoms with E-state index in [2.05, 4.69) is 10.6 Å². The van der Waals surface area contributed by atoms with Crippen LogP contribution in [0, 0.1) is 5.92 Å². The van der Waals surface area contributed by atoms with Gasteiger partial charge < -0.3 is 15.7 Å². The topological polar surface area (TPSA) is 78.4 Å². The van der Waals surface area contributed by atoms with Crippen molar-refractivity contribution in [2.24, 2.45) is 5.92 Å². The third-order valence-corrected chi connectivity index (χ3v) is 4.93. The van der Waals surface area contributed by atoms with Gasteiger partial charge in [0.1, 0.15) is 6.04 Å². The Morgan fingerprint density at radius 1 is 1.35 bits per heavy atom. The van der Waals surface area contributed by atoms with E-state index in [1.807, 2.05) is 6.26 Å². The average Bonchev–Trinajstić information content (AvgIpc) is 2.73. The zero-order valence-electron chi connectivity index (χ0n) is 11.9. The summed E-state index contributed by atoms with van der Waals surface area (Å²) in [6, 6.07) is 0.394. The molecule has 3 atom stereocenters. The van der Waals surface area contributed by atoms with E-state index in [1.54, 1.807) is 11.8 Å². The predicted octanol–water partition coefficient (Wildman–Crippen LogP) is 1.23. The molecule has 2 heterocycles. The Morgan fingerprint density at radius 3 is 2.55 bits per heavy atom. The predicted molar refractivity (Wildman–Crippen MR) is 79.9 cm³/mol. The molecule has 2 aliphatic heterocycles. The molecule has 1 amide bonds. The minimum atomic E-state index is -0.933. The average molecular weight is 300 g/mol.